The lowest BCUT2D eigenvalue weighted by molar-refractivity contribution is -0.153. The Labute approximate surface area is 85.3 Å². The fourth-order valence-corrected chi connectivity index (χ4v) is 1.13. The second-order valence-corrected chi connectivity index (χ2v) is 3.16. The zero-order valence-electron chi connectivity index (χ0n) is 8.14. The third-order valence-corrected chi connectivity index (χ3v) is 1.81. The zero-order chi connectivity index (χ0) is 11.5. The number of ether oxygens (including phenoxy) is 1. The van der Waals surface area contributed by atoms with Gasteiger partial charge in [0.2, 0.25) is 0 Å². The van der Waals surface area contributed by atoms with Gasteiger partial charge in [0.15, 0.2) is 6.61 Å². The highest BCUT2D eigenvalue weighted by atomic mass is 19.4. The maximum Gasteiger partial charge on any atom is 0.422 e. The molecule has 0 amide bonds. The molecule has 1 N–H and O–H groups in total. The van der Waals surface area contributed by atoms with E-state index in [1.165, 1.54) is 12.1 Å². The molecule has 0 spiro atoms. The van der Waals surface area contributed by atoms with Gasteiger partial charge in [0.05, 0.1) is 6.61 Å². The van der Waals surface area contributed by atoms with Gasteiger partial charge in [-0.2, -0.15) is 13.2 Å². The monoisotopic (exact) mass is 220 g/mol. The van der Waals surface area contributed by atoms with Gasteiger partial charge < -0.3 is 9.84 Å². The smallest absolute Gasteiger partial charge is 0.422 e. The number of hydrogen-bond acceptors (Lipinski definition) is 2. The van der Waals surface area contributed by atoms with Crippen molar-refractivity contribution in [3.63, 3.8) is 0 Å². The lowest BCUT2D eigenvalue weighted by atomic mass is 10.1. The highest BCUT2D eigenvalue weighted by Crippen LogP contribution is 2.22. The van der Waals surface area contributed by atoms with Gasteiger partial charge in [0.1, 0.15) is 5.75 Å². The molecule has 0 aliphatic heterocycles. The summed E-state index contributed by atoms with van der Waals surface area (Å²) >= 11 is 0. The number of halogens is 3. The molecule has 0 saturated heterocycles. The van der Waals surface area contributed by atoms with E-state index in [9.17, 15) is 13.2 Å². The first-order valence-corrected chi connectivity index (χ1v) is 4.32. The van der Waals surface area contributed by atoms with E-state index in [0.717, 1.165) is 0 Å². The molecule has 84 valence electrons. The Bertz CT molecular complexity index is 334. The molecule has 5 heteroatoms. The molecule has 15 heavy (non-hydrogen) atoms. The van der Waals surface area contributed by atoms with Gasteiger partial charge in [-0.05, 0) is 24.1 Å². The second kappa shape index (κ2) is 4.53. The number of benzene rings is 1. The van der Waals surface area contributed by atoms with Crippen molar-refractivity contribution in [1.82, 2.24) is 0 Å². The Balaban J connectivity index is 2.70. The summed E-state index contributed by atoms with van der Waals surface area (Å²) in [6, 6.07) is 4.54. The van der Waals surface area contributed by atoms with Crippen LogP contribution in [0.25, 0.3) is 0 Å². The number of rotatable bonds is 3. The molecule has 1 aromatic carbocycles. The summed E-state index contributed by atoms with van der Waals surface area (Å²) in [5, 5.41) is 8.79. The standard InChI is InChI=1S/C10H11F3O2/c1-7-4-8(5-14)2-3-9(7)15-6-10(11,12)13/h2-4,14H,5-6H2,1H3. The Hall–Kier alpha value is -1.23. The third kappa shape index (κ3) is 3.79. The molecule has 0 radical (unpaired) electrons. The third-order valence-electron chi connectivity index (χ3n) is 1.81. The quantitative estimate of drug-likeness (QED) is 0.847. The second-order valence-electron chi connectivity index (χ2n) is 3.16. The minimum absolute atomic E-state index is 0.139. The van der Waals surface area contributed by atoms with Crippen LogP contribution in [0.5, 0.6) is 5.75 Å². The van der Waals surface area contributed by atoms with E-state index in [2.05, 4.69) is 4.74 Å². The summed E-state index contributed by atoms with van der Waals surface area (Å²) in [4.78, 5) is 0. The van der Waals surface area contributed by atoms with Crippen LogP contribution in [-0.4, -0.2) is 17.9 Å². The van der Waals surface area contributed by atoms with Crippen molar-refractivity contribution >= 4 is 0 Å². The zero-order valence-corrected chi connectivity index (χ0v) is 8.14. The van der Waals surface area contributed by atoms with E-state index in [-0.39, 0.29) is 12.4 Å². The fourth-order valence-electron chi connectivity index (χ4n) is 1.13. The van der Waals surface area contributed by atoms with Gasteiger partial charge in [-0.15, -0.1) is 0 Å². The Kier molecular flexibility index (Phi) is 3.57. The molecular weight excluding hydrogens is 209 g/mol. The summed E-state index contributed by atoms with van der Waals surface area (Å²) in [5.41, 5.74) is 1.22. The first kappa shape index (κ1) is 11.8. The minimum atomic E-state index is -4.33. The van der Waals surface area contributed by atoms with E-state index in [0.29, 0.717) is 11.1 Å². The summed E-state index contributed by atoms with van der Waals surface area (Å²) in [5.74, 6) is 0.185. The van der Waals surface area contributed by atoms with Crippen LogP contribution in [0.4, 0.5) is 13.2 Å². The van der Waals surface area contributed by atoms with Crippen molar-refractivity contribution in [3.05, 3.63) is 29.3 Å². The molecule has 0 bridgehead atoms. The molecule has 1 aromatic rings. The largest absolute Gasteiger partial charge is 0.484 e. The van der Waals surface area contributed by atoms with Gasteiger partial charge in [-0.25, -0.2) is 0 Å². The number of alkyl halides is 3. The minimum Gasteiger partial charge on any atom is -0.484 e. The first-order valence-electron chi connectivity index (χ1n) is 4.32. The Morgan fingerprint density at radius 3 is 2.47 bits per heavy atom. The average molecular weight is 220 g/mol. The van der Waals surface area contributed by atoms with Gasteiger partial charge >= 0.3 is 6.18 Å². The van der Waals surface area contributed by atoms with Crippen molar-refractivity contribution in [2.75, 3.05) is 6.61 Å². The van der Waals surface area contributed by atoms with Crippen LogP contribution in [0.1, 0.15) is 11.1 Å². The Morgan fingerprint density at radius 2 is 2.00 bits per heavy atom. The lowest BCUT2D eigenvalue weighted by Gasteiger charge is -2.11. The van der Waals surface area contributed by atoms with E-state index in [1.807, 2.05) is 0 Å². The first-order chi connectivity index (χ1) is 6.92. The summed E-state index contributed by atoms with van der Waals surface area (Å²) in [7, 11) is 0. The summed E-state index contributed by atoms with van der Waals surface area (Å²) in [6.45, 7) is 0.192. The van der Waals surface area contributed by atoms with Gasteiger partial charge in [-0.1, -0.05) is 12.1 Å². The predicted octanol–water partition coefficient (Wildman–Crippen LogP) is 2.43. The fraction of sp³-hybridized carbons (Fsp3) is 0.400. The highest BCUT2D eigenvalue weighted by Gasteiger charge is 2.28. The predicted molar refractivity (Wildman–Crippen MR) is 48.7 cm³/mol. The van der Waals surface area contributed by atoms with E-state index in [1.54, 1.807) is 13.0 Å². The van der Waals surface area contributed by atoms with Crippen LogP contribution in [0.2, 0.25) is 0 Å². The molecule has 0 aliphatic carbocycles. The molecule has 1 rings (SSSR count). The molecule has 2 nitrogen and oxygen atoms in total. The maximum absolute atomic E-state index is 11.9. The number of aliphatic hydroxyl groups is 1. The van der Waals surface area contributed by atoms with Crippen molar-refractivity contribution in [1.29, 1.82) is 0 Å². The summed E-state index contributed by atoms with van der Waals surface area (Å²) < 4.78 is 40.2. The van der Waals surface area contributed by atoms with Gasteiger partial charge in [0, 0.05) is 0 Å². The molecule has 0 atom stereocenters. The van der Waals surface area contributed by atoms with E-state index in [4.69, 9.17) is 5.11 Å². The van der Waals surface area contributed by atoms with Crippen molar-refractivity contribution in [3.8, 4) is 5.75 Å². The maximum atomic E-state index is 11.9. The van der Waals surface area contributed by atoms with Crippen LogP contribution in [-0.2, 0) is 6.61 Å². The topological polar surface area (TPSA) is 29.5 Å². The Morgan fingerprint density at radius 1 is 1.33 bits per heavy atom. The van der Waals surface area contributed by atoms with E-state index >= 15 is 0 Å². The van der Waals surface area contributed by atoms with Crippen molar-refractivity contribution < 1.29 is 23.0 Å². The molecule has 0 aliphatic rings. The lowest BCUT2D eigenvalue weighted by Crippen LogP contribution is -2.19. The molecule has 0 aromatic heterocycles. The number of aryl methyl sites for hydroxylation is 1. The highest BCUT2D eigenvalue weighted by molar-refractivity contribution is 5.35. The van der Waals surface area contributed by atoms with Crippen LogP contribution in [0, 0.1) is 6.92 Å². The van der Waals surface area contributed by atoms with Crippen LogP contribution < -0.4 is 4.74 Å². The van der Waals surface area contributed by atoms with Crippen LogP contribution in [0.3, 0.4) is 0 Å². The van der Waals surface area contributed by atoms with Crippen molar-refractivity contribution in [2.24, 2.45) is 0 Å². The normalized spacial score (nSPS) is 11.5. The van der Waals surface area contributed by atoms with Gasteiger partial charge in [-0.3, -0.25) is 0 Å². The van der Waals surface area contributed by atoms with Gasteiger partial charge in [0.25, 0.3) is 0 Å². The average Bonchev–Trinajstić information content (AvgIpc) is 2.14. The number of hydrogen-bond donors (Lipinski definition) is 1. The molecule has 0 saturated carbocycles. The molecule has 0 heterocycles. The SMILES string of the molecule is Cc1cc(CO)ccc1OCC(F)(F)F. The molecule has 0 fully saturated rings. The molecular formula is C10H11F3O2. The van der Waals surface area contributed by atoms with Crippen LogP contribution in [0.15, 0.2) is 18.2 Å². The van der Waals surface area contributed by atoms with E-state index < -0.39 is 12.8 Å². The molecule has 0 unspecified atom stereocenters. The van der Waals surface area contributed by atoms with Crippen LogP contribution >= 0.6 is 0 Å². The number of aliphatic hydroxyl groups excluding tert-OH is 1. The summed E-state index contributed by atoms with van der Waals surface area (Å²) in [6.07, 6.45) is -4.33. The van der Waals surface area contributed by atoms with Crippen molar-refractivity contribution in [2.45, 2.75) is 19.7 Å².